The summed E-state index contributed by atoms with van der Waals surface area (Å²) < 4.78 is 20.7. The molecule has 0 radical (unpaired) electrons. The molecule has 4 nitrogen and oxygen atoms in total. The molecule has 0 spiro atoms. The summed E-state index contributed by atoms with van der Waals surface area (Å²) in [5.74, 6) is -2.07. The Hall–Kier alpha value is -2.14. The largest absolute Gasteiger partial charge is 0.454 e. The molecule has 0 bridgehead atoms. The Balaban J connectivity index is 2.14. The van der Waals surface area contributed by atoms with Crippen LogP contribution in [0.3, 0.4) is 0 Å². The van der Waals surface area contributed by atoms with Crippen LogP contribution in [-0.4, -0.2) is 22.9 Å². The monoisotopic (exact) mass is 351 g/mol. The molecule has 0 atom stereocenters. The topological polar surface area (TPSA) is 48.3 Å². The minimum Gasteiger partial charge on any atom is -0.454 e. The summed E-state index contributed by atoms with van der Waals surface area (Å²) in [6, 6.07) is 5.87. The average Bonchev–Trinajstić information content (AvgIpc) is 2.79. The van der Waals surface area contributed by atoms with Crippen molar-refractivity contribution in [2.75, 3.05) is 6.61 Å². The van der Waals surface area contributed by atoms with Gasteiger partial charge < -0.3 is 9.30 Å². The Labute approximate surface area is 145 Å². The van der Waals surface area contributed by atoms with Crippen LogP contribution in [0, 0.1) is 19.7 Å². The van der Waals surface area contributed by atoms with Gasteiger partial charge >= 0.3 is 5.97 Å². The molecule has 6 heteroatoms. The number of Topliss-reactive ketones (excluding diaryl/α,β-unsaturated/α-hetero) is 1. The lowest BCUT2D eigenvalue weighted by molar-refractivity contribution is 0.0470. The number of esters is 1. The van der Waals surface area contributed by atoms with E-state index >= 15 is 0 Å². The quantitative estimate of drug-likeness (QED) is 0.588. The lowest BCUT2D eigenvalue weighted by atomic mass is 10.1. The highest BCUT2D eigenvalue weighted by atomic mass is 35.5. The highest BCUT2D eigenvalue weighted by Gasteiger charge is 2.21. The third-order valence-corrected chi connectivity index (χ3v) is 4.12. The number of carbonyl (C=O) groups is 2. The average molecular weight is 352 g/mol. The number of halogens is 2. The van der Waals surface area contributed by atoms with Gasteiger partial charge in [0, 0.05) is 23.0 Å². The van der Waals surface area contributed by atoms with E-state index in [1.807, 2.05) is 32.3 Å². The SMILES string of the molecule is Cc1cc(C(=O)COC(=O)c2c(F)cccc2Cl)c(C)n1C(C)C. The number of hydrogen-bond acceptors (Lipinski definition) is 3. The van der Waals surface area contributed by atoms with Crippen LogP contribution in [0.25, 0.3) is 0 Å². The smallest absolute Gasteiger partial charge is 0.343 e. The summed E-state index contributed by atoms with van der Waals surface area (Å²) in [6.45, 7) is 7.33. The van der Waals surface area contributed by atoms with Crippen molar-refractivity contribution in [3.05, 3.63) is 57.6 Å². The molecule has 2 rings (SSSR count). The standard InChI is InChI=1S/C18H19ClFNO3/c1-10(2)21-11(3)8-13(12(21)4)16(22)9-24-18(23)17-14(19)6-5-7-15(17)20/h5-8,10H,9H2,1-4H3. The fourth-order valence-electron chi connectivity index (χ4n) is 2.83. The van der Waals surface area contributed by atoms with Crippen molar-refractivity contribution >= 4 is 23.4 Å². The Kier molecular flexibility index (Phi) is 5.44. The highest BCUT2D eigenvalue weighted by Crippen LogP contribution is 2.22. The molecule has 24 heavy (non-hydrogen) atoms. The van der Waals surface area contributed by atoms with Crippen molar-refractivity contribution in [1.82, 2.24) is 4.57 Å². The van der Waals surface area contributed by atoms with E-state index in [0.717, 1.165) is 17.5 Å². The van der Waals surface area contributed by atoms with Gasteiger partial charge in [-0.2, -0.15) is 0 Å². The van der Waals surface area contributed by atoms with Crippen LogP contribution < -0.4 is 0 Å². The Morgan fingerprint density at radius 3 is 2.50 bits per heavy atom. The van der Waals surface area contributed by atoms with Gasteiger partial charge in [-0.25, -0.2) is 9.18 Å². The van der Waals surface area contributed by atoms with Crippen LogP contribution in [0.5, 0.6) is 0 Å². The zero-order chi connectivity index (χ0) is 18.0. The molecule has 0 unspecified atom stereocenters. The van der Waals surface area contributed by atoms with E-state index in [1.165, 1.54) is 12.1 Å². The molecule has 0 aliphatic carbocycles. The summed E-state index contributed by atoms with van der Waals surface area (Å²) in [7, 11) is 0. The first-order valence-corrected chi connectivity index (χ1v) is 7.94. The number of carbonyl (C=O) groups excluding carboxylic acids is 2. The minimum atomic E-state index is -0.955. The fraction of sp³-hybridized carbons (Fsp3) is 0.333. The molecule has 1 aromatic carbocycles. The van der Waals surface area contributed by atoms with Gasteiger partial charge in [-0.05, 0) is 45.9 Å². The predicted molar refractivity (Wildman–Crippen MR) is 90.3 cm³/mol. The number of hydrogen-bond donors (Lipinski definition) is 0. The molecule has 0 amide bonds. The number of benzene rings is 1. The van der Waals surface area contributed by atoms with Crippen LogP contribution in [0.1, 0.15) is 52.0 Å². The van der Waals surface area contributed by atoms with E-state index in [-0.39, 0.29) is 22.4 Å². The van der Waals surface area contributed by atoms with Crippen molar-refractivity contribution in [3.63, 3.8) is 0 Å². The first-order valence-electron chi connectivity index (χ1n) is 7.56. The number of rotatable bonds is 5. The maximum Gasteiger partial charge on any atom is 0.343 e. The van der Waals surface area contributed by atoms with Crippen molar-refractivity contribution < 1.29 is 18.7 Å². The molecular weight excluding hydrogens is 333 g/mol. The van der Waals surface area contributed by atoms with Crippen LogP contribution in [0.15, 0.2) is 24.3 Å². The molecular formula is C18H19ClFNO3. The summed E-state index contributed by atoms with van der Waals surface area (Å²) in [6.07, 6.45) is 0. The molecule has 128 valence electrons. The van der Waals surface area contributed by atoms with Gasteiger partial charge in [-0.3, -0.25) is 4.79 Å². The molecule has 0 saturated heterocycles. The zero-order valence-electron chi connectivity index (χ0n) is 14.0. The zero-order valence-corrected chi connectivity index (χ0v) is 14.8. The second-order valence-electron chi connectivity index (χ2n) is 5.84. The first kappa shape index (κ1) is 18.2. The Morgan fingerprint density at radius 1 is 1.29 bits per heavy atom. The van der Waals surface area contributed by atoms with Gasteiger partial charge in [-0.15, -0.1) is 0 Å². The van der Waals surface area contributed by atoms with Crippen LogP contribution in [0.4, 0.5) is 4.39 Å². The van der Waals surface area contributed by atoms with Crippen LogP contribution >= 0.6 is 11.6 Å². The Morgan fingerprint density at radius 2 is 1.96 bits per heavy atom. The van der Waals surface area contributed by atoms with E-state index in [4.69, 9.17) is 16.3 Å². The second kappa shape index (κ2) is 7.18. The highest BCUT2D eigenvalue weighted by molar-refractivity contribution is 6.33. The molecule has 1 aromatic heterocycles. The molecule has 0 aliphatic heterocycles. The van der Waals surface area contributed by atoms with Crippen molar-refractivity contribution in [1.29, 1.82) is 0 Å². The lowest BCUT2D eigenvalue weighted by Gasteiger charge is -2.13. The summed E-state index contributed by atoms with van der Waals surface area (Å²) >= 11 is 5.81. The molecule has 1 heterocycles. The predicted octanol–water partition coefficient (Wildman–Crippen LogP) is 4.52. The van der Waals surface area contributed by atoms with Gasteiger partial charge in [0.2, 0.25) is 5.78 Å². The maximum absolute atomic E-state index is 13.7. The van der Waals surface area contributed by atoms with E-state index in [1.54, 1.807) is 6.07 Å². The van der Waals surface area contributed by atoms with Gasteiger partial charge in [0.05, 0.1) is 5.02 Å². The third kappa shape index (κ3) is 3.51. The number of aromatic nitrogens is 1. The summed E-state index contributed by atoms with van der Waals surface area (Å²) in [5.41, 5.74) is 1.90. The normalized spacial score (nSPS) is 11.0. The van der Waals surface area contributed by atoms with Crippen molar-refractivity contribution in [2.45, 2.75) is 33.7 Å². The molecule has 0 aliphatic rings. The van der Waals surface area contributed by atoms with Crippen molar-refractivity contribution in [3.8, 4) is 0 Å². The molecule has 0 fully saturated rings. The summed E-state index contributed by atoms with van der Waals surface area (Å²) in [4.78, 5) is 24.3. The van der Waals surface area contributed by atoms with E-state index < -0.39 is 18.4 Å². The fourth-order valence-corrected chi connectivity index (χ4v) is 3.07. The van der Waals surface area contributed by atoms with Gasteiger partial charge in [-0.1, -0.05) is 17.7 Å². The molecule has 0 saturated carbocycles. The number of ether oxygens (including phenoxy) is 1. The first-order chi connectivity index (χ1) is 11.2. The van der Waals surface area contributed by atoms with E-state index in [9.17, 15) is 14.0 Å². The second-order valence-corrected chi connectivity index (χ2v) is 6.25. The van der Waals surface area contributed by atoms with Gasteiger partial charge in [0.25, 0.3) is 0 Å². The molecule has 0 N–H and O–H groups in total. The molecule has 2 aromatic rings. The Bertz CT molecular complexity index is 776. The number of nitrogens with zero attached hydrogens (tertiary/aromatic N) is 1. The maximum atomic E-state index is 13.7. The number of ketones is 1. The van der Waals surface area contributed by atoms with Crippen LogP contribution in [0.2, 0.25) is 5.02 Å². The minimum absolute atomic E-state index is 0.0505. The van der Waals surface area contributed by atoms with Gasteiger partial charge in [0.15, 0.2) is 6.61 Å². The summed E-state index contributed by atoms with van der Waals surface area (Å²) in [5, 5.41) is -0.0505. The van der Waals surface area contributed by atoms with Crippen LogP contribution in [-0.2, 0) is 4.74 Å². The third-order valence-electron chi connectivity index (χ3n) is 3.80. The van der Waals surface area contributed by atoms with E-state index in [0.29, 0.717) is 5.56 Å². The van der Waals surface area contributed by atoms with Crippen molar-refractivity contribution in [2.24, 2.45) is 0 Å². The number of aryl methyl sites for hydroxylation is 1. The van der Waals surface area contributed by atoms with E-state index in [2.05, 4.69) is 0 Å². The van der Waals surface area contributed by atoms with Gasteiger partial charge in [0.1, 0.15) is 11.4 Å². The lowest BCUT2D eigenvalue weighted by Crippen LogP contribution is -2.16.